The number of carboxylic acid groups (broad SMARTS) is 1. The van der Waals surface area contributed by atoms with E-state index in [1.54, 1.807) is 0 Å². The molecule has 1 aliphatic rings. The fourth-order valence-electron chi connectivity index (χ4n) is 3.45. The Morgan fingerprint density at radius 3 is 2.32 bits per heavy atom. The third kappa shape index (κ3) is 4.24. The van der Waals surface area contributed by atoms with Gasteiger partial charge in [-0.1, -0.05) is 53.6 Å². The lowest BCUT2D eigenvalue weighted by molar-refractivity contribution is -0.139. The van der Waals surface area contributed by atoms with E-state index in [9.17, 15) is 14.7 Å². The Kier molecular flexibility index (Phi) is 6.14. The molecule has 0 heterocycles. The lowest BCUT2D eigenvalue weighted by Crippen LogP contribution is -2.41. The van der Waals surface area contributed by atoms with E-state index in [0.29, 0.717) is 6.42 Å². The van der Waals surface area contributed by atoms with Crippen molar-refractivity contribution >= 4 is 12.1 Å². The van der Waals surface area contributed by atoms with Crippen LogP contribution in [0.2, 0.25) is 0 Å². The fourth-order valence-corrected chi connectivity index (χ4v) is 3.45. The number of benzene rings is 2. The number of hydrogen-bond donors (Lipinski definition) is 2. The molecular formula is C20H20N4O4. The van der Waals surface area contributed by atoms with Crippen LogP contribution >= 0.6 is 0 Å². The maximum atomic E-state index is 12.1. The maximum Gasteiger partial charge on any atom is 0.407 e. The van der Waals surface area contributed by atoms with Crippen molar-refractivity contribution in [3.05, 3.63) is 70.1 Å². The van der Waals surface area contributed by atoms with E-state index < -0.39 is 18.1 Å². The molecule has 0 saturated carbocycles. The zero-order chi connectivity index (χ0) is 19.9. The van der Waals surface area contributed by atoms with Gasteiger partial charge in [0.1, 0.15) is 12.6 Å². The van der Waals surface area contributed by atoms with Crippen molar-refractivity contribution in [1.29, 1.82) is 0 Å². The van der Waals surface area contributed by atoms with E-state index in [1.807, 2.05) is 48.5 Å². The van der Waals surface area contributed by atoms with Crippen LogP contribution in [0.15, 0.2) is 53.6 Å². The third-order valence-corrected chi connectivity index (χ3v) is 4.75. The van der Waals surface area contributed by atoms with Crippen LogP contribution in [0.5, 0.6) is 0 Å². The summed E-state index contributed by atoms with van der Waals surface area (Å²) >= 11 is 0. The number of carboxylic acids is 1. The van der Waals surface area contributed by atoms with Gasteiger partial charge in [-0.25, -0.2) is 9.59 Å². The lowest BCUT2D eigenvalue weighted by Gasteiger charge is -2.17. The predicted molar refractivity (Wildman–Crippen MR) is 103 cm³/mol. The fraction of sp³-hybridized carbons (Fsp3) is 0.300. The highest BCUT2D eigenvalue weighted by Crippen LogP contribution is 2.44. The number of nitrogens with one attached hydrogen (secondary N) is 1. The highest BCUT2D eigenvalue weighted by Gasteiger charge is 2.29. The number of carbonyl (C=O) groups is 2. The van der Waals surface area contributed by atoms with Gasteiger partial charge < -0.3 is 15.2 Å². The lowest BCUT2D eigenvalue weighted by atomic mass is 9.98. The normalized spacial score (nSPS) is 13.0. The van der Waals surface area contributed by atoms with Crippen LogP contribution in [0.25, 0.3) is 21.6 Å². The first kappa shape index (κ1) is 19.3. The molecule has 28 heavy (non-hydrogen) atoms. The van der Waals surface area contributed by atoms with Gasteiger partial charge in [-0.2, -0.15) is 0 Å². The number of fused-ring (bicyclic) bond motifs is 3. The van der Waals surface area contributed by atoms with Crippen LogP contribution in [-0.2, 0) is 9.53 Å². The Labute approximate surface area is 161 Å². The van der Waals surface area contributed by atoms with Crippen molar-refractivity contribution in [2.75, 3.05) is 13.2 Å². The second-order valence-corrected chi connectivity index (χ2v) is 6.46. The minimum atomic E-state index is -1.16. The van der Waals surface area contributed by atoms with Gasteiger partial charge in [0.2, 0.25) is 0 Å². The van der Waals surface area contributed by atoms with Crippen LogP contribution in [0.1, 0.15) is 29.9 Å². The topological polar surface area (TPSA) is 124 Å². The third-order valence-electron chi connectivity index (χ3n) is 4.75. The molecule has 2 aromatic rings. The summed E-state index contributed by atoms with van der Waals surface area (Å²) in [5.41, 5.74) is 12.7. The molecule has 0 spiro atoms. The second kappa shape index (κ2) is 8.92. The van der Waals surface area contributed by atoms with E-state index in [1.165, 1.54) is 0 Å². The first-order valence-electron chi connectivity index (χ1n) is 8.97. The van der Waals surface area contributed by atoms with E-state index in [0.717, 1.165) is 22.3 Å². The molecule has 0 bridgehead atoms. The molecule has 0 aromatic heterocycles. The molecule has 0 radical (unpaired) electrons. The van der Waals surface area contributed by atoms with Gasteiger partial charge in [-0.05, 0) is 40.6 Å². The highest BCUT2D eigenvalue weighted by molar-refractivity contribution is 5.81. The Morgan fingerprint density at radius 2 is 1.75 bits per heavy atom. The average Bonchev–Trinajstić information content (AvgIpc) is 3.02. The molecule has 0 fully saturated rings. The summed E-state index contributed by atoms with van der Waals surface area (Å²) in [6, 6.07) is 14.8. The number of nitrogens with zero attached hydrogens (tertiary/aromatic N) is 3. The Balaban J connectivity index is 1.62. The number of rotatable bonds is 8. The van der Waals surface area contributed by atoms with Gasteiger partial charge in [0, 0.05) is 17.4 Å². The standard InChI is InChI=1S/C20H20N4O4/c21-24-22-11-5-10-18(19(25)26)23-20(27)28-12-17-15-8-3-1-6-13(15)14-7-2-4-9-16(14)17/h1-4,6-9,17-18H,5,10-12H2,(H,23,27)(H,25,26)/t18-/m0/s1. The van der Waals surface area contributed by atoms with Crippen molar-refractivity contribution in [3.63, 3.8) is 0 Å². The van der Waals surface area contributed by atoms with Crippen molar-refractivity contribution in [1.82, 2.24) is 5.32 Å². The molecule has 0 saturated heterocycles. The van der Waals surface area contributed by atoms with Crippen LogP contribution in [0.4, 0.5) is 4.79 Å². The summed E-state index contributed by atoms with van der Waals surface area (Å²) in [4.78, 5) is 26.1. The molecular weight excluding hydrogens is 360 g/mol. The summed E-state index contributed by atoms with van der Waals surface area (Å²) in [7, 11) is 0. The van der Waals surface area contributed by atoms with E-state index in [-0.39, 0.29) is 25.5 Å². The first-order chi connectivity index (χ1) is 13.6. The number of carbonyl (C=O) groups excluding carboxylic acids is 1. The molecule has 8 heteroatoms. The van der Waals surface area contributed by atoms with Crippen LogP contribution in [0.3, 0.4) is 0 Å². The quantitative estimate of drug-likeness (QED) is 0.310. The molecule has 1 aliphatic carbocycles. The number of hydrogen-bond acceptors (Lipinski definition) is 4. The Bertz CT molecular complexity index is 878. The predicted octanol–water partition coefficient (Wildman–Crippen LogP) is 4.07. The molecule has 1 amide bonds. The largest absolute Gasteiger partial charge is 0.480 e. The minimum absolute atomic E-state index is 0.0913. The Morgan fingerprint density at radius 1 is 1.14 bits per heavy atom. The summed E-state index contributed by atoms with van der Waals surface area (Å²) < 4.78 is 5.35. The number of azide groups is 1. The number of amides is 1. The molecule has 3 rings (SSSR count). The molecule has 0 aliphatic heterocycles. The zero-order valence-electron chi connectivity index (χ0n) is 15.1. The van der Waals surface area contributed by atoms with Crippen LogP contribution in [0, 0.1) is 0 Å². The van der Waals surface area contributed by atoms with Crippen LogP contribution < -0.4 is 5.32 Å². The summed E-state index contributed by atoms with van der Waals surface area (Å²) in [5.74, 6) is -1.25. The van der Waals surface area contributed by atoms with Gasteiger partial charge in [-0.15, -0.1) is 0 Å². The number of aliphatic carboxylic acids is 1. The SMILES string of the molecule is [N-]=[N+]=NCCC[C@H](NC(=O)OCC1c2ccccc2-c2ccccc21)C(=O)O. The zero-order valence-corrected chi connectivity index (χ0v) is 15.1. The smallest absolute Gasteiger partial charge is 0.407 e. The molecule has 144 valence electrons. The number of ether oxygens (including phenoxy) is 1. The summed E-state index contributed by atoms with van der Waals surface area (Å²) in [5, 5.41) is 15.0. The van der Waals surface area contributed by atoms with Gasteiger partial charge in [-0.3, -0.25) is 0 Å². The van der Waals surface area contributed by atoms with Gasteiger partial charge in [0.15, 0.2) is 0 Å². The average molecular weight is 380 g/mol. The van der Waals surface area contributed by atoms with E-state index >= 15 is 0 Å². The van der Waals surface area contributed by atoms with Crippen molar-refractivity contribution in [3.8, 4) is 11.1 Å². The first-order valence-corrected chi connectivity index (χ1v) is 8.97. The molecule has 8 nitrogen and oxygen atoms in total. The summed E-state index contributed by atoms with van der Waals surface area (Å²) in [6.45, 7) is 0.289. The van der Waals surface area contributed by atoms with Crippen molar-refractivity contribution in [2.24, 2.45) is 5.11 Å². The second-order valence-electron chi connectivity index (χ2n) is 6.46. The molecule has 0 unspecified atom stereocenters. The van der Waals surface area contributed by atoms with E-state index in [2.05, 4.69) is 15.3 Å². The van der Waals surface area contributed by atoms with Gasteiger partial charge >= 0.3 is 12.1 Å². The van der Waals surface area contributed by atoms with Crippen LogP contribution in [-0.4, -0.2) is 36.4 Å². The molecule has 2 aromatic carbocycles. The summed E-state index contributed by atoms with van der Waals surface area (Å²) in [6.07, 6.45) is -0.276. The monoisotopic (exact) mass is 380 g/mol. The van der Waals surface area contributed by atoms with E-state index in [4.69, 9.17) is 10.3 Å². The van der Waals surface area contributed by atoms with Crippen molar-refractivity contribution in [2.45, 2.75) is 24.8 Å². The van der Waals surface area contributed by atoms with Gasteiger partial charge in [0.05, 0.1) is 0 Å². The van der Waals surface area contributed by atoms with Gasteiger partial charge in [0.25, 0.3) is 0 Å². The number of alkyl carbamates (subject to hydrolysis) is 1. The molecule has 1 atom stereocenters. The maximum absolute atomic E-state index is 12.1. The Hall–Kier alpha value is -3.51. The minimum Gasteiger partial charge on any atom is -0.480 e. The highest BCUT2D eigenvalue weighted by atomic mass is 16.5. The molecule has 2 N–H and O–H groups in total. The van der Waals surface area contributed by atoms with Crippen molar-refractivity contribution < 1.29 is 19.4 Å².